The van der Waals surface area contributed by atoms with E-state index < -0.39 is 5.97 Å². The van der Waals surface area contributed by atoms with Crippen LogP contribution in [0.25, 0.3) is 23.1 Å². The summed E-state index contributed by atoms with van der Waals surface area (Å²) in [6.07, 6.45) is 3.61. The van der Waals surface area contributed by atoms with Crippen LogP contribution in [0.3, 0.4) is 0 Å². The molecule has 6 nitrogen and oxygen atoms in total. The fourth-order valence-electron chi connectivity index (χ4n) is 4.22. The van der Waals surface area contributed by atoms with E-state index in [1.54, 1.807) is 35.2 Å². The Labute approximate surface area is 215 Å². The van der Waals surface area contributed by atoms with Crippen LogP contribution in [0.15, 0.2) is 107 Å². The molecule has 0 fully saturated rings. The van der Waals surface area contributed by atoms with Crippen LogP contribution in [-0.2, 0) is 9.53 Å². The standard InChI is InChI=1S/C31H25NO5/c1-3-36-29-12-8-7-11-26(29)32-27(21-9-5-4-6-10-21)20-24(30(32)33)19-25-17-18-28(37-25)22-13-15-23(16-14-22)31(34)35-2/h4-20H,3H2,1-2H3/b24-19+. The number of benzene rings is 3. The van der Waals surface area contributed by atoms with E-state index in [0.29, 0.717) is 40.7 Å². The van der Waals surface area contributed by atoms with Gasteiger partial charge in [-0.05, 0) is 61.0 Å². The molecule has 0 bridgehead atoms. The predicted molar refractivity (Wildman–Crippen MR) is 143 cm³/mol. The Kier molecular flexibility index (Phi) is 6.72. The van der Waals surface area contributed by atoms with Gasteiger partial charge in [0, 0.05) is 11.1 Å². The Morgan fingerprint density at radius 1 is 0.892 bits per heavy atom. The Hall–Kier alpha value is -4.84. The van der Waals surface area contributed by atoms with E-state index in [-0.39, 0.29) is 5.91 Å². The summed E-state index contributed by atoms with van der Waals surface area (Å²) in [5.41, 5.74) is 4.11. The maximum atomic E-state index is 13.7. The molecule has 1 aliphatic rings. The molecule has 184 valence electrons. The lowest BCUT2D eigenvalue weighted by Gasteiger charge is -2.23. The Balaban J connectivity index is 1.50. The van der Waals surface area contributed by atoms with Crippen molar-refractivity contribution in [3.63, 3.8) is 0 Å². The third kappa shape index (κ3) is 4.82. The third-order valence-electron chi connectivity index (χ3n) is 5.97. The number of anilines is 1. The van der Waals surface area contributed by atoms with E-state index in [4.69, 9.17) is 13.9 Å². The summed E-state index contributed by atoms with van der Waals surface area (Å²) >= 11 is 0. The van der Waals surface area contributed by atoms with Gasteiger partial charge < -0.3 is 13.9 Å². The zero-order chi connectivity index (χ0) is 25.8. The van der Waals surface area contributed by atoms with Crippen molar-refractivity contribution in [3.8, 4) is 17.1 Å². The lowest BCUT2D eigenvalue weighted by molar-refractivity contribution is -0.113. The highest BCUT2D eigenvalue weighted by Crippen LogP contribution is 2.40. The van der Waals surface area contributed by atoms with Crippen LogP contribution in [0.5, 0.6) is 5.75 Å². The lowest BCUT2D eigenvalue weighted by Crippen LogP contribution is -2.25. The maximum Gasteiger partial charge on any atom is 0.337 e. The largest absolute Gasteiger partial charge is 0.492 e. The van der Waals surface area contributed by atoms with E-state index in [1.807, 2.05) is 79.7 Å². The molecule has 37 heavy (non-hydrogen) atoms. The lowest BCUT2D eigenvalue weighted by atomic mass is 10.1. The number of furan rings is 1. The van der Waals surface area contributed by atoms with E-state index in [9.17, 15) is 9.59 Å². The van der Waals surface area contributed by atoms with Gasteiger partial charge in [-0.25, -0.2) is 4.79 Å². The maximum absolute atomic E-state index is 13.7. The van der Waals surface area contributed by atoms with Crippen LogP contribution >= 0.6 is 0 Å². The van der Waals surface area contributed by atoms with Crippen molar-refractivity contribution in [1.29, 1.82) is 0 Å². The molecular weight excluding hydrogens is 466 g/mol. The number of ether oxygens (including phenoxy) is 2. The average molecular weight is 492 g/mol. The highest BCUT2D eigenvalue weighted by atomic mass is 16.5. The van der Waals surface area contributed by atoms with Gasteiger partial charge in [0.15, 0.2) is 0 Å². The molecule has 3 aromatic carbocycles. The van der Waals surface area contributed by atoms with Crippen molar-refractivity contribution in [1.82, 2.24) is 0 Å². The second kappa shape index (κ2) is 10.4. The van der Waals surface area contributed by atoms with Crippen LogP contribution in [0, 0.1) is 0 Å². The van der Waals surface area contributed by atoms with Gasteiger partial charge in [0.1, 0.15) is 17.3 Å². The first-order valence-electron chi connectivity index (χ1n) is 11.9. The minimum atomic E-state index is -0.396. The highest BCUT2D eigenvalue weighted by Gasteiger charge is 2.32. The van der Waals surface area contributed by atoms with Crippen molar-refractivity contribution in [2.45, 2.75) is 6.92 Å². The number of amides is 1. The quantitative estimate of drug-likeness (QED) is 0.215. The summed E-state index contributed by atoms with van der Waals surface area (Å²) in [5, 5.41) is 0. The number of carbonyl (C=O) groups excluding carboxylic acids is 2. The zero-order valence-electron chi connectivity index (χ0n) is 20.5. The summed E-state index contributed by atoms with van der Waals surface area (Å²) in [7, 11) is 1.35. The third-order valence-corrected chi connectivity index (χ3v) is 5.97. The van der Waals surface area contributed by atoms with Crippen molar-refractivity contribution in [2.75, 3.05) is 18.6 Å². The molecular formula is C31H25NO5. The SMILES string of the molecule is CCOc1ccccc1N1C(=O)/C(=C/c2ccc(-c3ccc(C(=O)OC)cc3)o2)C=C1c1ccccc1. The summed E-state index contributed by atoms with van der Waals surface area (Å²) in [5.74, 6) is 1.23. The van der Waals surface area contributed by atoms with Gasteiger partial charge in [-0.2, -0.15) is 0 Å². The number of rotatable bonds is 7. The Morgan fingerprint density at radius 3 is 2.35 bits per heavy atom. The molecule has 1 aromatic heterocycles. The van der Waals surface area contributed by atoms with E-state index in [0.717, 1.165) is 16.8 Å². The number of para-hydroxylation sites is 2. The summed E-state index contributed by atoms with van der Waals surface area (Å²) in [4.78, 5) is 27.1. The molecule has 1 amide bonds. The molecule has 0 unspecified atom stereocenters. The summed E-state index contributed by atoms with van der Waals surface area (Å²) in [6.45, 7) is 2.40. The number of hydrogen-bond acceptors (Lipinski definition) is 5. The molecule has 5 rings (SSSR count). The fraction of sp³-hybridized carbons (Fsp3) is 0.0968. The smallest absolute Gasteiger partial charge is 0.337 e. The van der Waals surface area contributed by atoms with E-state index in [1.165, 1.54) is 7.11 Å². The molecule has 0 atom stereocenters. The van der Waals surface area contributed by atoms with Gasteiger partial charge in [0.2, 0.25) is 0 Å². The molecule has 0 saturated carbocycles. The molecule has 0 radical (unpaired) electrons. The van der Waals surface area contributed by atoms with Crippen molar-refractivity contribution in [3.05, 3.63) is 120 Å². The Morgan fingerprint density at radius 2 is 1.62 bits per heavy atom. The highest BCUT2D eigenvalue weighted by molar-refractivity contribution is 6.23. The van der Waals surface area contributed by atoms with Gasteiger partial charge in [-0.15, -0.1) is 0 Å². The number of nitrogens with zero attached hydrogens (tertiary/aromatic N) is 1. The molecule has 4 aromatic rings. The number of esters is 1. The minimum Gasteiger partial charge on any atom is -0.492 e. The first-order chi connectivity index (χ1) is 18.1. The number of methoxy groups -OCH3 is 1. The second-order valence-electron chi connectivity index (χ2n) is 8.31. The average Bonchev–Trinajstić information content (AvgIpc) is 3.54. The minimum absolute atomic E-state index is 0.175. The number of carbonyl (C=O) groups is 2. The van der Waals surface area contributed by atoms with Gasteiger partial charge in [-0.1, -0.05) is 54.6 Å². The zero-order valence-corrected chi connectivity index (χ0v) is 20.5. The summed E-state index contributed by atoms with van der Waals surface area (Å²) < 4.78 is 16.6. The normalized spacial score (nSPS) is 14.1. The molecule has 0 aliphatic carbocycles. The van der Waals surface area contributed by atoms with E-state index >= 15 is 0 Å². The van der Waals surface area contributed by atoms with Gasteiger partial charge in [0.05, 0.1) is 30.7 Å². The second-order valence-corrected chi connectivity index (χ2v) is 8.31. The molecule has 2 heterocycles. The van der Waals surface area contributed by atoms with Crippen LogP contribution in [0.4, 0.5) is 5.69 Å². The first kappa shape index (κ1) is 23.9. The molecule has 0 N–H and O–H groups in total. The van der Waals surface area contributed by atoms with Crippen molar-refractivity contribution in [2.24, 2.45) is 0 Å². The topological polar surface area (TPSA) is 69.0 Å². The van der Waals surface area contributed by atoms with E-state index in [2.05, 4.69) is 0 Å². The fourth-order valence-corrected chi connectivity index (χ4v) is 4.22. The predicted octanol–water partition coefficient (Wildman–Crippen LogP) is 6.60. The molecule has 0 saturated heterocycles. The van der Waals surface area contributed by atoms with Gasteiger partial charge in [-0.3, -0.25) is 9.69 Å². The monoisotopic (exact) mass is 491 g/mol. The Bertz CT molecular complexity index is 1500. The van der Waals surface area contributed by atoms with Crippen LogP contribution in [-0.4, -0.2) is 25.6 Å². The van der Waals surface area contributed by atoms with Crippen LogP contribution in [0.2, 0.25) is 0 Å². The van der Waals surface area contributed by atoms with Crippen molar-refractivity contribution < 1.29 is 23.5 Å². The van der Waals surface area contributed by atoms with Crippen LogP contribution < -0.4 is 9.64 Å². The summed E-state index contributed by atoms with van der Waals surface area (Å²) in [6, 6.07) is 27.9. The van der Waals surface area contributed by atoms with Crippen molar-refractivity contribution >= 4 is 29.3 Å². The van der Waals surface area contributed by atoms with Gasteiger partial charge >= 0.3 is 5.97 Å². The van der Waals surface area contributed by atoms with Crippen LogP contribution in [0.1, 0.15) is 28.6 Å². The first-order valence-corrected chi connectivity index (χ1v) is 11.9. The molecule has 6 heteroatoms. The molecule has 0 spiro atoms. The number of hydrogen-bond donors (Lipinski definition) is 0. The molecule has 1 aliphatic heterocycles. The van der Waals surface area contributed by atoms with Gasteiger partial charge in [0.25, 0.3) is 5.91 Å².